The Morgan fingerprint density at radius 1 is 1.24 bits per heavy atom. The Labute approximate surface area is 123 Å². The Morgan fingerprint density at radius 2 is 2.14 bits per heavy atom. The van der Waals surface area contributed by atoms with E-state index >= 15 is 0 Å². The van der Waals surface area contributed by atoms with Crippen molar-refractivity contribution in [2.45, 2.75) is 13.0 Å². The van der Waals surface area contributed by atoms with Gasteiger partial charge in [-0.3, -0.25) is 0 Å². The van der Waals surface area contributed by atoms with E-state index in [9.17, 15) is 0 Å². The highest BCUT2D eigenvalue weighted by Crippen LogP contribution is 2.15. The number of anilines is 1. The molecule has 1 aromatic carbocycles. The molecular formula is C14H19N3O4. The van der Waals surface area contributed by atoms with E-state index in [0.29, 0.717) is 49.4 Å². The predicted molar refractivity (Wildman–Crippen MR) is 75.9 cm³/mol. The zero-order valence-corrected chi connectivity index (χ0v) is 11.9. The molecule has 2 aromatic rings. The Hall–Kier alpha value is -2.12. The Morgan fingerprint density at radius 3 is 2.95 bits per heavy atom. The summed E-state index contributed by atoms with van der Waals surface area (Å²) in [6.07, 6.45) is 0.589. The van der Waals surface area contributed by atoms with Crippen LogP contribution >= 0.6 is 0 Å². The van der Waals surface area contributed by atoms with Crippen LogP contribution in [0.1, 0.15) is 11.7 Å². The van der Waals surface area contributed by atoms with E-state index in [0.717, 1.165) is 0 Å². The molecule has 0 aliphatic heterocycles. The summed E-state index contributed by atoms with van der Waals surface area (Å²) < 4.78 is 20.8. The largest absolute Gasteiger partial charge is 0.484 e. The number of nitrogens with zero attached hydrogens (tertiary/aromatic N) is 2. The molecule has 0 spiro atoms. The maximum absolute atomic E-state index is 5.67. The van der Waals surface area contributed by atoms with Gasteiger partial charge in [-0.1, -0.05) is 11.2 Å². The van der Waals surface area contributed by atoms with E-state index in [1.165, 1.54) is 0 Å². The number of ether oxygens (including phenoxy) is 3. The summed E-state index contributed by atoms with van der Waals surface area (Å²) in [5.74, 6) is 1.68. The number of rotatable bonds is 9. The number of nitrogens with two attached hydrogens (primary N) is 1. The lowest BCUT2D eigenvalue weighted by Crippen LogP contribution is -2.05. The molecular weight excluding hydrogens is 274 g/mol. The average Bonchev–Trinajstić information content (AvgIpc) is 2.93. The van der Waals surface area contributed by atoms with Gasteiger partial charge in [0.15, 0.2) is 12.4 Å². The van der Waals surface area contributed by atoms with Crippen LogP contribution in [0.25, 0.3) is 0 Å². The number of hydrogen-bond donors (Lipinski definition) is 1. The molecule has 0 unspecified atom stereocenters. The molecule has 0 fully saturated rings. The monoisotopic (exact) mass is 293 g/mol. The van der Waals surface area contributed by atoms with Gasteiger partial charge in [0.2, 0.25) is 0 Å². The molecule has 0 saturated heterocycles. The fraction of sp³-hybridized carbons (Fsp3) is 0.429. The zero-order chi connectivity index (χ0) is 14.9. The van der Waals surface area contributed by atoms with Crippen molar-refractivity contribution in [1.82, 2.24) is 10.1 Å². The molecule has 1 aromatic heterocycles. The number of nitrogen functional groups attached to an aromatic ring is 1. The topological polar surface area (TPSA) is 92.6 Å². The van der Waals surface area contributed by atoms with Crippen molar-refractivity contribution in [1.29, 1.82) is 0 Å². The van der Waals surface area contributed by atoms with Gasteiger partial charge in [0, 0.05) is 25.3 Å². The summed E-state index contributed by atoms with van der Waals surface area (Å²) in [6, 6.07) is 7.17. The Balaban J connectivity index is 1.72. The van der Waals surface area contributed by atoms with Gasteiger partial charge in [-0.05, 0) is 12.1 Å². The summed E-state index contributed by atoms with van der Waals surface area (Å²) in [5.41, 5.74) is 6.31. The van der Waals surface area contributed by atoms with E-state index in [-0.39, 0.29) is 6.61 Å². The van der Waals surface area contributed by atoms with E-state index < -0.39 is 0 Å². The van der Waals surface area contributed by atoms with Gasteiger partial charge < -0.3 is 24.5 Å². The van der Waals surface area contributed by atoms with Crippen molar-refractivity contribution in [2.24, 2.45) is 0 Å². The summed E-state index contributed by atoms with van der Waals surface area (Å²) in [6.45, 7) is 1.87. The normalized spacial score (nSPS) is 10.7. The molecule has 1 heterocycles. The molecule has 0 amide bonds. The van der Waals surface area contributed by atoms with Crippen LogP contribution in [0.2, 0.25) is 0 Å². The third-order valence-corrected chi connectivity index (χ3v) is 2.63. The first-order valence-electron chi connectivity index (χ1n) is 6.64. The van der Waals surface area contributed by atoms with E-state index in [1.54, 1.807) is 19.2 Å². The van der Waals surface area contributed by atoms with Crippen LogP contribution in [0.5, 0.6) is 5.75 Å². The minimum Gasteiger partial charge on any atom is -0.484 e. The van der Waals surface area contributed by atoms with Crippen LogP contribution in [0.4, 0.5) is 5.69 Å². The molecule has 0 atom stereocenters. The van der Waals surface area contributed by atoms with Crippen molar-refractivity contribution in [2.75, 3.05) is 32.7 Å². The van der Waals surface area contributed by atoms with Gasteiger partial charge >= 0.3 is 0 Å². The predicted octanol–water partition coefficient (Wildman–Crippen LogP) is 1.44. The van der Waals surface area contributed by atoms with Crippen molar-refractivity contribution in [3.63, 3.8) is 0 Å². The molecule has 0 aliphatic rings. The van der Waals surface area contributed by atoms with Crippen molar-refractivity contribution < 1.29 is 18.7 Å². The Kier molecular flexibility index (Phi) is 5.99. The summed E-state index contributed by atoms with van der Waals surface area (Å²) in [7, 11) is 1.63. The highest BCUT2D eigenvalue weighted by Gasteiger charge is 2.07. The highest BCUT2D eigenvalue weighted by atomic mass is 16.5. The third-order valence-electron chi connectivity index (χ3n) is 2.63. The molecule has 21 heavy (non-hydrogen) atoms. The molecule has 7 nitrogen and oxygen atoms in total. The number of benzene rings is 1. The van der Waals surface area contributed by atoms with Gasteiger partial charge in [0.1, 0.15) is 5.75 Å². The molecule has 2 N–H and O–H groups in total. The second-order valence-electron chi connectivity index (χ2n) is 4.32. The quantitative estimate of drug-likeness (QED) is 0.552. The van der Waals surface area contributed by atoms with Crippen LogP contribution in [0, 0.1) is 0 Å². The fourth-order valence-electron chi connectivity index (χ4n) is 1.61. The first kappa shape index (κ1) is 15.3. The van der Waals surface area contributed by atoms with Gasteiger partial charge in [-0.25, -0.2) is 0 Å². The number of methoxy groups -OCH3 is 1. The fourth-order valence-corrected chi connectivity index (χ4v) is 1.61. The van der Waals surface area contributed by atoms with Gasteiger partial charge in [0.05, 0.1) is 19.8 Å². The van der Waals surface area contributed by atoms with Crippen molar-refractivity contribution in [3.8, 4) is 5.75 Å². The van der Waals surface area contributed by atoms with Crippen LogP contribution < -0.4 is 10.5 Å². The second-order valence-corrected chi connectivity index (χ2v) is 4.32. The SMILES string of the molecule is COCCOCCc1noc(COc2cccc(N)c2)n1. The second kappa shape index (κ2) is 8.23. The van der Waals surface area contributed by atoms with E-state index in [4.69, 9.17) is 24.5 Å². The van der Waals surface area contributed by atoms with Crippen LogP contribution in [0.15, 0.2) is 28.8 Å². The molecule has 114 valence electrons. The number of hydrogen-bond acceptors (Lipinski definition) is 7. The van der Waals surface area contributed by atoms with Gasteiger partial charge in [-0.2, -0.15) is 4.98 Å². The summed E-state index contributed by atoms with van der Waals surface area (Å²) in [5, 5.41) is 3.86. The van der Waals surface area contributed by atoms with Gasteiger partial charge in [-0.15, -0.1) is 0 Å². The molecule has 2 rings (SSSR count). The van der Waals surface area contributed by atoms with E-state index in [2.05, 4.69) is 10.1 Å². The third kappa shape index (κ3) is 5.41. The molecule has 0 radical (unpaired) electrons. The lowest BCUT2D eigenvalue weighted by molar-refractivity contribution is 0.0714. The minimum absolute atomic E-state index is 0.209. The van der Waals surface area contributed by atoms with Crippen LogP contribution in [0.3, 0.4) is 0 Å². The Bertz CT molecular complexity index is 545. The number of aromatic nitrogens is 2. The highest BCUT2D eigenvalue weighted by molar-refractivity contribution is 5.43. The lowest BCUT2D eigenvalue weighted by Gasteiger charge is -2.03. The zero-order valence-electron chi connectivity index (χ0n) is 11.9. The molecule has 0 aliphatic carbocycles. The minimum atomic E-state index is 0.209. The molecule has 7 heteroatoms. The smallest absolute Gasteiger partial charge is 0.264 e. The first-order chi connectivity index (χ1) is 10.3. The lowest BCUT2D eigenvalue weighted by atomic mass is 10.3. The van der Waals surface area contributed by atoms with Crippen LogP contribution in [-0.2, 0) is 22.5 Å². The maximum Gasteiger partial charge on any atom is 0.264 e. The summed E-state index contributed by atoms with van der Waals surface area (Å²) >= 11 is 0. The van der Waals surface area contributed by atoms with Crippen molar-refractivity contribution >= 4 is 5.69 Å². The molecule has 0 saturated carbocycles. The standard InChI is InChI=1S/C14H19N3O4/c1-18-7-8-19-6-5-13-16-14(21-17-13)10-20-12-4-2-3-11(15)9-12/h2-4,9H,5-8,10,15H2,1H3. The van der Waals surface area contributed by atoms with Gasteiger partial charge in [0.25, 0.3) is 5.89 Å². The van der Waals surface area contributed by atoms with Crippen LogP contribution in [-0.4, -0.2) is 37.1 Å². The summed E-state index contributed by atoms with van der Waals surface area (Å²) in [4.78, 5) is 4.22. The maximum atomic E-state index is 5.67. The van der Waals surface area contributed by atoms with E-state index in [1.807, 2.05) is 12.1 Å². The average molecular weight is 293 g/mol. The van der Waals surface area contributed by atoms with Crippen molar-refractivity contribution in [3.05, 3.63) is 36.0 Å². The first-order valence-corrected chi connectivity index (χ1v) is 6.64. The molecule has 0 bridgehead atoms.